The van der Waals surface area contributed by atoms with Gasteiger partial charge in [0.25, 0.3) is 11.1 Å². The smallest absolute Gasteiger partial charge is 0.276 e. The molecule has 0 fully saturated rings. The lowest BCUT2D eigenvalue weighted by atomic mass is 10.2. The molecule has 0 bridgehead atoms. The highest BCUT2D eigenvalue weighted by Crippen LogP contribution is 2.26. The number of aliphatic hydroxyl groups is 1. The lowest BCUT2D eigenvalue weighted by molar-refractivity contribution is 0.126. The molecule has 3 aromatic rings. The van der Waals surface area contributed by atoms with Crippen LogP contribution < -0.4 is 4.74 Å². The maximum absolute atomic E-state index is 10.1. The number of thiophene rings is 1. The van der Waals surface area contributed by atoms with Gasteiger partial charge >= 0.3 is 0 Å². The summed E-state index contributed by atoms with van der Waals surface area (Å²) in [6.45, 7) is 2.32. The number of rotatable bonds is 8. The van der Waals surface area contributed by atoms with Crippen LogP contribution in [-0.2, 0) is 6.42 Å². The van der Waals surface area contributed by atoms with Crippen molar-refractivity contribution < 1.29 is 14.3 Å². The lowest BCUT2D eigenvalue weighted by Gasteiger charge is -2.11. The van der Waals surface area contributed by atoms with Gasteiger partial charge in [0.1, 0.15) is 12.4 Å². The van der Waals surface area contributed by atoms with Gasteiger partial charge in [-0.25, -0.2) is 0 Å². The van der Waals surface area contributed by atoms with E-state index >= 15 is 0 Å². The molecule has 0 aliphatic rings. The predicted octanol–water partition coefficient (Wildman–Crippen LogP) is 3.89. The monoisotopic (exact) mass is 362 g/mol. The van der Waals surface area contributed by atoms with Gasteiger partial charge in [-0.05, 0) is 35.6 Å². The van der Waals surface area contributed by atoms with Crippen molar-refractivity contribution in [3.05, 3.63) is 47.3 Å². The number of aryl methyl sites for hydroxylation is 1. The highest BCUT2D eigenvalue weighted by Gasteiger charge is 2.13. The molecule has 7 heteroatoms. The number of nitrogens with zero attached hydrogens (tertiary/aromatic N) is 2. The van der Waals surface area contributed by atoms with Crippen molar-refractivity contribution in [2.45, 2.75) is 24.7 Å². The maximum atomic E-state index is 10.1. The van der Waals surface area contributed by atoms with E-state index in [1.54, 1.807) is 11.3 Å². The molecule has 24 heavy (non-hydrogen) atoms. The summed E-state index contributed by atoms with van der Waals surface area (Å²) in [6.07, 6.45) is 0.344. The van der Waals surface area contributed by atoms with E-state index in [4.69, 9.17) is 9.15 Å². The fraction of sp³-hybridized carbons (Fsp3) is 0.294. The summed E-state index contributed by atoms with van der Waals surface area (Å²) in [4.78, 5) is 0.939. The highest BCUT2D eigenvalue weighted by molar-refractivity contribution is 7.99. The molecule has 126 valence electrons. The third kappa shape index (κ3) is 4.59. The molecular weight excluding hydrogens is 344 g/mol. The number of hydrogen-bond donors (Lipinski definition) is 1. The molecule has 0 radical (unpaired) electrons. The minimum atomic E-state index is -0.614. The third-order valence-electron chi connectivity index (χ3n) is 3.29. The molecule has 1 N–H and O–H groups in total. The molecule has 0 saturated heterocycles. The van der Waals surface area contributed by atoms with Crippen molar-refractivity contribution in [1.82, 2.24) is 10.2 Å². The first-order valence-electron chi connectivity index (χ1n) is 7.64. The Morgan fingerprint density at radius 2 is 2.21 bits per heavy atom. The summed E-state index contributed by atoms with van der Waals surface area (Å²) in [7, 11) is 0. The van der Waals surface area contributed by atoms with Crippen LogP contribution in [0.25, 0.3) is 10.8 Å². The van der Waals surface area contributed by atoms with Crippen LogP contribution in [0.15, 0.2) is 51.4 Å². The van der Waals surface area contributed by atoms with Crippen LogP contribution in [0.2, 0.25) is 0 Å². The maximum Gasteiger partial charge on any atom is 0.276 e. The van der Waals surface area contributed by atoms with Gasteiger partial charge in [-0.15, -0.1) is 21.5 Å². The van der Waals surface area contributed by atoms with Crippen LogP contribution in [0.1, 0.15) is 12.5 Å². The molecule has 0 aliphatic carbocycles. The summed E-state index contributed by atoms with van der Waals surface area (Å²) < 4.78 is 11.2. The van der Waals surface area contributed by atoms with E-state index in [9.17, 15) is 5.11 Å². The zero-order chi connectivity index (χ0) is 16.8. The molecule has 0 spiro atoms. The van der Waals surface area contributed by atoms with Crippen molar-refractivity contribution in [2.24, 2.45) is 0 Å². The van der Waals surface area contributed by atoms with Crippen LogP contribution >= 0.6 is 23.1 Å². The Bertz CT molecular complexity index is 759. The van der Waals surface area contributed by atoms with E-state index in [0.717, 1.165) is 17.0 Å². The highest BCUT2D eigenvalue weighted by atomic mass is 32.2. The average molecular weight is 362 g/mol. The molecule has 2 heterocycles. The topological polar surface area (TPSA) is 68.4 Å². The van der Waals surface area contributed by atoms with Gasteiger partial charge in [-0.2, -0.15) is 0 Å². The normalized spacial score (nSPS) is 12.2. The minimum Gasteiger partial charge on any atom is -0.491 e. The Morgan fingerprint density at radius 1 is 1.29 bits per heavy atom. The number of aromatic nitrogens is 2. The van der Waals surface area contributed by atoms with Crippen molar-refractivity contribution in [3.63, 3.8) is 0 Å². The number of hydrogen-bond acceptors (Lipinski definition) is 7. The van der Waals surface area contributed by atoms with E-state index < -0.39 is 6.10 Å². The number of thioether (sulfide) groups is 1. The standard InChI is InChI=1S/C17H18N2O3S2/c1-2-12-5-3-6-14(9-12)21-10-13(20)11-24-17-19-18-16(22-17)15-7-4-8-23-15/h3-9,13,20H,2,10-11H2,1H3/t13-/m0/s1. The first-order valence-corrected chi connectivity index (χ1v) is 9.51. The van der Waals surface area contributed by atoms with Crippen LogP contribution in [0.5, 0.6) is 5.75 Å². The summed E-state index contributed by atoms with van der Waals surface area (Å²) >= 11 is 2.87. The Kier molecular flexibility index (Phi) is 5.90. The van der Waals surface area contributed by atoms with E-state index in [2.05, 4.69) is 23.2 Å². The molecule has 3 rings (SSSR count). The average Bonchev–Trinajstić information content (AvgIpc) is 3.29. The fourth-order valence-corrected chi connectivity index (χ4v) is 3.34. The van der Waals surface area contributed by atoms with Crippen molar-refractivity contribution in [2.75, 3.05) is 12.4 Å². The van der Waals surface area contributed by atoms with Crippen LogP contribution in [0.3, 0.4) is 0 Å². The second-order valence-electron chi connectivity index (χ2n) is 5.13. The van der Waals surface area contributed by atoms with Gasteiger partial charge in [-0.1, -0.05) is 36.9 Å². The summed E-state index contributed by atoms with van der Waals surface area (Å²) in [5.41, 5.74) is 1.21. The van der Waals surface area contributed by atoms with E-state index in [1.807, 2.05) is 35.7 Å². The largest absolute Gasteiger partial charge is 0.491 e. The van der Waals surface area contributed by atoms with E-state index in [-0.39, 0.29) is 6.61 Å². The molecule has 5 nitrogen and oxygen atoms in total. The summed E-state index contributed by atoms with van der Waals surface area (Å²) in [5, 5.41) is 20.5. The molecule has 0 unspecified atom stereocenters. The van der Waals surface area contributed by atoms with Gasteiger partial charge in [0.2, 0.25) is 0 Å². The summed E-state index contributed by atoms with van der Waals surface area (Å²) in [6, 6.07) is 11.8. The quantitative estimate of drug-likeness (QED) is 0.613. The SMILES string of the molecule is CCc1cccc(OC[C@H](O)CSc2nnc(-c3cccs3)o2)c1. The Morgan fingerprint density at radius 3 is 3.00 bits per heavy atom. The molecule has 1 aromatic carbocycles. The summed E-state index contributed by atoms with van der Waals surface area (Å²) in [5.74, 6) is 1.71. The molecule has 2 aromatic heterocycles. The first-order chi connectivity index (χ1) is 11.7. The van der Waals surface area contributed by atoms with Crippen molar-refractivity contribution >= 4 is 23.1 Å². The predicted molar refractivity (Wildman–Crippen MR) is 95.7 cm³/mol. The van der Waals surface area contributed by atoms with Gasteiger partial charge < -0.3 is 14.3 Å². The van der Waals surface area contributed by atoms with Gasteiger partial charge in [0.15, 0.2) is 0 Å². The van der Waals surface area contributed by atoms with Crippen molar-refractivity contribution in [3.8, 4) is 16.5 Å². The van der Waals surface area contributed by atoms with E-state index in [1.165, 1.54) is 17.3 Å². The molecule has 0 saturated carbocycles. The Labute approximate surface area is 148 Å². The zero-order valence-corrected chi connectivity index (χ0v) is 14.8. The van der Waals surface area contributed by atoms with Crippen LogP contribution in [0.4, 0.5) is 0 Å². The molecule has 1 atom stereocenters. The molecular formula is C17H18N2O3S2. The van der Waals surface area contributed by atoms with Gasteiger partial charge in [0.05, 0.1) is 11.0 Å². The van der Waals surface area contributed by atoms with Gasteiger partial charge in [-0.3, -0.25) is 0 Å². The van der Waals surface area contributed by atoms with Gasteiger partial charge in [0, 0.05) is 5.75 Å². The second kappa shape index (κ2) is 8.32. The third-order valence-corrected chi connectivity index (χ3v) is 5.11. The number of aliphatic hydroxyl groups excluding tert-OH is 1. The lowest BCUT2D eigenvalue weighted by Crippen LogP contribution is -2.20. The Hall–Kier alpha value is -1.83. The number of ether oxygens (including phenoxy) is 1. The minimum absolute atomic E-state index is 0.228. The fourth-order valence-electron chi connectivity index (χ4n) is 2.03. The zero-order valence-electron chi connectivity index (χ0n) is 13.2. The number of benzene rings is 1. The van der Waals surface area contributed by atoms with Crippen LogP contribution in [0, 0.1) is 0 Å². The molecule has 0 aliphatic heterocycles. The van der Waals surface area contributed by atoms with E-state index in [0.29, 0.717) is 16.9 Å². The first kappa shape index (κ1) is 17.0. The van der Waals surface area contributed by atoms with Crippen LogP contribution in [-0.4, -0.2) is 33.8 Å². The second-order valence-corrected chi connectivity index (χ2v) is 7.05. The Balaban J connectivity index is 1.46. The molecule has 0 amide bonds. The van der Waals surface area contributed by atoms with Crippen molar-refractivity contribution in [1.29, 1.82) is 0 Å².